The quantitative estimate of drug-likeness (QED) is 0.368. The van der Waals surface area contributed by atoms with Crippen molar-refractivity contribution < 1.29 is 22.6 Å². The summed E-state index contributed by atoms with van der Waals surface area (Å²) >= 11 is 5.82. The van der Waals surface area contributed by atoms with Crippen LogP contribution in [0.4, 0.5) is 13.2 Å². The summed E-state index contributed by atoms with van der Waals surface area (Å²) < 4.78 is 50.4. The van der Waals surface area contributed by atoms with E-state index in [1.54, 1.807) is 42.7 Å². The number of halogens is 4. The third kappa shape index (κ3) is 4.67. The number of rotatable bonds is 6. The van der Waals surface area contributed by atoms with E-state index in [1.807, 2.05) is 0 Å². The van der Waals surface area contributed by atoms with Gasteiger partial charge >= 0.3 is 6.18 Å². The van der Waals surface area contributed by atoms with Crippen LogP contribution < -0.4 is 9.47 Å². The van der Waals surface area contributed by atoms with Crippen molar-refractivity contribution in [3.8, 4) is 34.1 Å². The molecule has 1 N–H and O–H groups in total. The second-order valence-corrected chi connectivity index (χ2v) is 7.06. The number of nitrogens with one attached hydrogen (secondary N) is 1. The van der Waals surface area contributed by atoms with E-state index in [1.165, 1.54) is 19.2 Å². The van der Waals surface area contributed by atoms with Gasteiger partial charge < -0.3 is 14.5 Å². The lowest BCUT2D eigenvalue weighted by atomic mass is 10.1. The molecule has 0 aliphatic rings. The van der Waals surface area contributed by atoms with Gasteiger partial charge in [-0.3, -0.25) is 4.98 Å². The molecule has 1 aromatic carbocycles. The minimum Gasteiger partial charge on any atom is -0.496 e. The Hall–Kier alpha value is -3.59. The average Bonchev–Trinajstić information content (AvgIpc) is 3.27. The van der Waals surface area contributed by atoms with Gasteiger partial charge in [0.25, 0.3) is 0 Å². The van der Waals surface area contributed by atoms with E-state index < -0.39 is 11.9 Å². The first kappa shape index (κ1) is 21.6. The van der Waals surface area contributed by atoms with Gasteiger partial charge in [-0.1, -0.05) is 17.7 Å². The van der Waals surface area contributed by atoms with E-state index in [4.69, 9.17) is 21.1 Å². The Kier molecular flexibility index (Phi) is 6.00. The van der Waals surface area contributed by atoms with Crippen LogP contribution >= 0.6 is 11.6 Å². The molecule has 0 fully saturated rings. The van der Waals surface area contributed by atoms with Crippen LogP contribution in [0.3, 0.4) is 0 Å². The first-order chi connectivity index (χ1) is 15.3. The van der Waals surface area contributed by atoms with Gasteiger partial charge in [-0.05, 0) is 30.3 Å². The molecular weight excluding hydrogens is 445 g/mol. The van der Waals surface area contributed by atoms with Crippen LogP contribution in [0.2, 0.25) is 5.15 Å². The maximum Gasteiger partial charge on any atom is 0.433 e. The summed E-state index contributed by atoms with van der Waals surface area (Å²) in [6.07, 6.45) is -0.206. The number of alkyl halides is 3. The molecule has 0 bridgehead atoms. The summed E-state index contributed by atoms with van der Waals surface area (Å²) in [6.45, 7) is -0.289. The highest BCUT2D eigenvalue weighted by atomic mass is 35.5. The van der Waals surface area contributed by atoms with E-state index in [0.29, 0.717) is 33.7 Å². The number of methoxy groups -OCH3 is 1. The number of pyridine rings is 2. The lowest BCUT2D eigenvalue weighted by molar-refractivity contribution is -0.142. The van der Waals surface area contributed by atoms with Crippen molar-refractivity contribution in [1.82, 2.24) is 19.9 Å². The molecule has 164 valence electrons. The molecule has 0 aliphatic carbocycles. The van der Waals surface area contributed by atoms with Crippen LogP contribution in [0.1, 0.15) is 11.3 Å². The van der Waals surface area contributed by atoms with Crippen molar-refractivity contribution in [2.45, 2.75) is 12.8 Å². The Labute approximate surface area is 186 Å². The van der Waals surface area contributed by atoms with Gasteiger partial charge in [-0.15, -0.1) is 0 Å². The van der Waals surface area contributed by atoms with Crippen molar-refractivity contribution in [3.05, 3.63) is 77.5 Å². The summed E-state index contributed by atoms with van der Waals surface area (Å²) in [5.41, 5.74) is 1.13. The number of benzene rings is 1. The highest BCUT2D eigenvalue weighted by molar-refractivity contribution is 6.29. The van der Waals surface area contributed by atoms with Crippen molar-refractivity contribution in [3.63, 3.8) is 0 Å². The number of hydrogen-bond acceptors (Lipinski definition) is 5. The number of nitrogens with zero attached hydrogens (tertiary/aromatic N) is 3. The van der Waals surface area contributed by atoms with Crippen LogP contribution in [0.5, 0.6) is 11.5 Å². The molecule has 0 spiro atoms. The van der Waals surface area contributed by atoms with E-state index in [0.717, 1.165) is 11.8 Å². The van der Waals surface area contributed by atoms with Crippen molar-refractivity contribution >= 4 is 11.6 Å². The van der Waals surface area contributed by atoms with Gasteiger partial charge in [-0.2, -0.15) is 13.2 Å². The first-order valence-electron chi connectivity index (χ1n) is 9.34. The van der Waals surface area contributed by atoms with Crippen LogP contribution in [0.15, 0.2) is 61.1 Å². The molecule has 0 atom stereocenters. The Morgan fingerprint density at radius 2 is 1.88 bits per heavy atom. The van der Waals surface area contributed by atoms with Gasteiger partial charge in [0.15, 0.2) is 5.69 Å². The molecule has 0 saturated carbocycles. The molecule has 6 nitrogen and oxygen atoms in total. The molecule has 10 heteroatoms. The molecular formula is C22H16ClF3N4O2. The van der Waals surface area contributed by atoms with Gasteiger partial charge in [0.05, 0.1) is 19.0 Å². The zero-order chi connectivity index (χ0) is 22.7. The molecule has 4 aromatic rings. The van der Waals surface area contributed by atoms with Gasteiger partial charge in [-0.25, -0.2) is 9.97 Å². The Morgan fingerprint density at radius 3 is 2.59 bits per heavy atom. The van der Waals surface area contributed by atoms with Crippen LogP contribution in [0.25, 0.3) is 22.6 Å². The molecule has 0 radical (unpaired) electrons. The normalized spacial score (nSPS) is 11.4. The van der Waals surface area contributed by atoms with Gasteiger partial charge in [0.1, 0.15) is 29.1 Å². The summed E-state index contributed by atoms with van der Waals surface area (Å²) in [5, 5.41) is 0.381. The maximum absolute atomic E-state index is 13.1. The minimum absolute atomic E-state index is 0.0576. The highest BCUT2D eigenvalue weighted by Gasteiger charge is 2.35. The predicted molar refractivity (Wildman–Crippen MR) is 112 cm³/mol. The highest BCUT2D eigenvalue weighted by Crippen LogP contribution is 2.35. The van der Waals surface area contributed by atoms with E-state index in [-0.39, 0.29) is 12.2 Å². The molecule has 0 aliphatic heterocycles. The summed E-state index contributed by atoms with van der Waals surface area (Å²) in [4.78, 5) is 15.0. The maximum atomic E-state index is 13.1. The number of H-pyrrole nitrogens is 1. The number of ether oxygens (including phenoxy) is 2. The fourth-order valence-electron chi connectivity index (χ4n) is 3.08. The van der Waals surface area contributed by atoms with Crippen molar-refractivity contribution in [2.75, 3.05) is 7.11 Å². The summed E-state index contributed by atoms with van der Waals surface area (Å²) in [5.74, 6) is 1.42. The van der Waals surface area contributed by atoms with E-state index >= 15 is 0 Å². The largest absolute Gasteiger partial charge is 0.496 e. The summed E-state index contributed by atoms with van der Waals surface area (Å²) in [7, 11) is 1.49. The SMILES string of the molecule is COc1cc(OCc2cccnc2C(F)(F)F)ccc1-c1cnc(-c2ccc(Cl)nc2)[nH]1. The minimum atomic E-state index is -4.56. The number of imidazole rings is 1. The van der Waals surface area contributed by atoms with E-state index in [2.05, 4.69) is 19.9 Å². The second kappa shape index (κ2) is 8.88. The average molecular weight is 461 g/mol. The number of aromatic nitrogens is 4. The Morgan fingerprint density at radius 1 is 1.03 bits per heavy atom. The lowest BCUT2D eigenvalue weighted by Gasteiger charge is -2.14. The third-order valence-corrected chi connectivity index (χ3v) is 4.82. The molecule has 0 saturated heterocycles. The second-order valence-electron chi connectivity index (χ2n) is 6.67. The smallest absolute Gasteiger partial charge is 0.433 e. The first-order valence-corrected chi connectivity index (χ1v) is 9.72. The van der Waals surface area contributed by atoms with Crippen LogP contribution in [0, 0.1) is 0 Å². The zero-order valence-corrected chi connectivity index (χ0v) is 17.4. The topological polar surface area (TPSA) is 72.9 Å². The Bertz CT molecular complexity index is 1230. The van der Waals surface area contributed by atoms with Crippen molar-refractivity contribution in [1.29, 1.82) is 0 Å². The number of hydrogen-bond donors (Lipinski definition) is 1. The van der Waals surface area contributed by atoms with E-state index in [9.17, 15) is 13.2 Å². The molecule has 0 amide bonds. The zero-order valence-electron chi connectivity index (χ0n) is 16.7. The number of aromatic amines is 1. The fourth-order valence-corrected chi connectivity index (χ4v) is 3.19. The molecule has 3 aromatic heterocycles. The van der Waals surface area contributed by atoms with Gasteiger partial charge in [0, 0.05) is 35.2 Å². The third-order valence-electron chi connectivity index (χ3n) is 4.59. The molecule has 3 heterocycles. The van der Waals surface area contributed by atoms with Crippen LogP contribution in [-0.2, 0) is 12.8 Å². The van der Waals surface area contributed by atoms with Crippen molar-refractivity contribution in [2.24, 2.45) is 0 Å². The predicted octanol–water partition coefficient (Wildman–Crippen LogP) is 5.79. The summed E-state index contributed by atoms with van der Waals surface area (Å²) in [6, 6.07) is 11.2. The molecule has 32 heavy (non-hydrogen) atoms. The lowest BCUT2D eigenvalue weighted by Crippen LogP contribution is -2.13. The standard InChI is InChI=1S/C22H16ClF3N4O2/c1-31-18-9-15(32-12-14-3-2-8-27-20(14)22(24,25)26)5-6-16(18)17-11-29-21(30-17)13-4-7-19(23)28-10-13/h2-11H,12H2,1H3,(H,29,30). The molecule has 0 unspecified atom stereocenters. The Balaban J connectivity index is 1.55. The van der Waals surface area contributed by atoms with Gasteiger partial charge in [0.2, 0.25) is 0 Å². The van der Waals surface area contributed by atoms with Crippen LogP contribution in [-0.4, -0.2) is 27.0 Å². The molecule has 4 rings (SSSR count). The monoisotopic (exact) mass is 460 g/mol. The fraction of sp³-hybridized carbons (Fsp3) is 0.136.